The zero-order chi connectivity index (χ0) is 12.6. The fourth-order valence-electron chi connectivity index (χ4n) is 1.90. The van der Waals surface area contributed by atoms with Crippen molar-refractivity contribution in [3.8, 4) is 0 Å². The highest BCUT2D eigenvalue weighted by Gasteiger charge is 2.14. The lowest BCUT2D eigenvalue weighted by atomic mass is 10.0. The van der Waals surface area contributed by atoms with E-state index in [-0.39, 0.29) is 11.8 Å². The molecular formula is C13H13NO3. The summed E-state index contributed by atoms with van der Waals surface area (Å²) in [4.78, 5) is 26.0. The summed E-state index contributed by atoms with van der Waals surface area (Å²) < 4.78 is 4.71. The van der Waals surface area contributed by atoms with E-state index >= 15 is 0 Å². The van der Waals surface area contributed by atoms with Crippen LogP contribution in [0, 0.1) is 6.92 Å². The maximum atomic E-state index is 11.6. The second kappa shape index (κ2) is 4.05. The van der Waals surface area contributed by atoms with Gasteiger partial charge in [-0.15, -0.1) is 0 Å². The molecule has 0 radical (unpaired) electrons. The van der Waals surface area contributed by atoms with Crippen LogP contribution < -0.4 is 0 Å². The summed E-state index contributed by atoms with van der Waals surface area (Å²) in [5.41, 5.74) is 2.74. The highest BCUT2D eigenvalue weighted by atomic mass is 16.5. The molecule has 4 heteroatoms. The van der Waals surface area contributed by atoms with Crippen molar-refractivity contribution < 1.29 is 14.3 Å². The molecule has 88 valence electrons. The van der Waals surface area contributed by atoms with Crippen molar-refractivity contribution in [2.24, 2.45) is 0 Å². The van der Waals surface area contributed by atoms with Crippen LogP contribution in [0.3, 0.4) is 0 Å². The minimum absolute atomic E-state index is 0.0316. The highest BCUT2D eigenvalue weighted by Crippen LogP contribution is 2.23. The van der Waals surface area contributed by atoms with Gasteiger partial charge in [-0.2, -0.15) is 0 Å². The van der Waals surface area contributed by atoms with Gasteiger partial charge in [0.2, 0.25) is 0 Å². The molecule has 0 spiro atoms. The number of aromatic nitrogens is 1. The van der Waals surface area contributed by atoms with Crippen molar-refractivity contribution in [2.45, 2.75) is 13.8 Å². The average Bonchev–Trinajstić information content (AvgIpc) is 2.69. The minimum atomic E-state index is -0.389. The van der Waals surface area contributed by atoms with Crippen LogP contribution in [0.4, 0.5) is 0 Å². The summed E-state index contributed by atoms with van der Waals surface area (Å²) in [6, 6.07) is 3.54. The molecular weight excluding hydrogens is 218 g/mol. The van der Waals surface area contributed by atoms with Crippen LogP contribution in [0.2, 0.25) is 0 Å². The maximum Gasteiger partial charge on any atom is 0.338 e. The van der Waals surface area contributed by atoms with E-state index in [4.69, 9.17) is 4.74 Å². The molecule has 0 saturated carbocycles. The third kappa shape index (κ3) is 1.82. The van der Waals surface area contributed by atoms with Crippen LogP contribution in [0.5, 0.6) is 0 Å². The number of esters is 1. The Kier molecular flexibility index (Phi) is 2.71. The molecule has 0 fully saturated rings. The number of nitrogens with one attached hydrogen (secondary N) is 1. The number of H-pyrrole nitrogens is 1. The van der Waals surface area contributed by atoms with Gasteiger partial charge in [-0.25, -0.2) is 4.79 Å². The van der Waals surface area contributed by atoms with Gasteiger partial charge in [0.15, 0.2) is 5.78 Å². The Morgan fingerprint density at radius 1 is 1.24 bits per heavy atom. The van der Waals surface area contributed by atoms with Crippen molar-refractivity contribution in [1.29, 1.82) is 0 Å². The monoisotopic (exact) mass is 231 g/mol. The van der Waals surface area contributed by atoms with Gasteiger partial charge < -0.3 is 9.72 Å². The van der Waals surface area contributed by atoms with Gasteiger partial charge in [0.1, 0.15) is 0 Å². The highest BCUT2D eigenvalue weighted by molar-refractivity contribution is 6.08. The molecule has 17 heavy (non-hydrogen) atoms. The van der Waals surface area contributed by atoms with Gasteiger partial charge in [0, 0.05) is 22.7 Å². The Morgan fingerprint density at radius 3 is 2.53 bits per heavy atom. The Morgan fingerprint density at radius 2 is 1.94 bits per heavy atom. The lowest BCUT2D eigenvalue weighted by Gasteiger charge is -2.04. The van der Waals surface area contributed by atoms with Crippen LogP contribution in [0.25, 0.3) is 10.9 Å². The number of aryl methyl sites for hydroxylation is 1. The third-order valence-electron chi connectivity index (χ3n) is 2.81. The zero-order valence-corrected chi connectivity index (χ0v) is 9.96. The SMILES string of the molecule is COC(=O)c1cc2c(C(C)=O)c[nH]c2cc1C. The molecule has 0 amide bonds. The number of carbonyl (C=O) groups is 2. The van der Waals surface area contributed by atoms with Crippen molar-refractivity contribution in [1.82, 2.24) is 4.98 Å². The van der Waals surface area contributed by atoms with Crippen molar-refractivity contribution >= 4 is 22.7 Å². The van der Waals surface area contributed by atoms with Gasteiger partial charge in [-0.1, -0.05) is 0 Å². The van der Waals surface area contributed by atoms with Crippen molar-refractivity contribution in [3.63, 3.8) is 0 Å². The predicted molar refractivity (Wildman–Crippen MR) is 64.4 cm³/mol. The van der Waals surface area contributed by atoms with E-state index in [9.17, 15) is 9.59 Å². The molecule has 0 saturated heterocycles. The molecule has 1 heterocycles. The predicted octanol–water partition coefficient (Wildman–Crippen LogP) is 2.47. The average molecular weight is 231 g/mol. The molecule has 0 bridgehead atoms. The van der Waals surface area contributed by atoms with Gasteiger partial charge in [-0.3, -0.25) is 4.79 Å². The van der Waals surface area contributed by atoms with Crippen molar-refractivity contribution in [2.75, 3.05) is 7.11 Å². The standard InChI is InChI=1S/C13H13NO3/c1-7-4-12-10(5-9(7)13(16)17-3)11(6-14-12)8(2)15/h4-6,14H,1-3H3. The van der Waals surface area contributed by atoms with E-state index in [1.165, 1.54) is 14.0 Å². The molecule has 4 nitrogen and oxygen atoms in total. The molecule has 2 rings (SSSR count). The van der Waals surface area contributed by atoms with Gasteiger partial charge in [0.25, 0.3) is 0 Å². The molecule has 0 aliphatic carbocycles. The number of methoxy groups -OCH3 is 1. The minimum Gasteiger partial charge on any atom is -0.465 e. The number of carbonyl (C=O) groups excluding carboxylic acids is 2. The zero-order valence-electron chi connectivity index (χ0n) is 9.96. The molecule has 1 aromatic carbocycles. The number of hydrogen-bond donors (Lipinski definition) is 1. The number of rotatable bonds is 2. The first kappa shape index (κ1) is 11.4. The van der Waals surface area contributed by atoms with E-state index in [1.807, 2.05) is 13.0 Å². The fourth-order valence-corrected chi connectivity index (χ4v) is 1.90. The first-order valence-corrected chi connectivity index (χ1v) is 5.25. The lowest BCUT2D eigenvalue weighted by Crippen LogP contribution is -2.03. The summed E-state index contributed by atoms with van der Waals surface area (Å²) >= 11 is 0. The molecule has 0 atom stereocenters. The number of ether oxygens (including phenoxy) is 1. The van der Waals surface area contributed by atoms with Gasteiger partial charge in [-0.05, 0) is 31.5 Å². The van der Waals surface area contributed by atoms with E-state index in [0.29, 0.717) is 11.1 Å². The molecule has 2 aromatic rings. The van der Waals surface area contributed by atoms with Crippen LogP contribution in [-0.2, 0) is 4.74 Å². The first-order valence-electron chi connectivity index (χ1n) is 5.25. The van der Waals surface area contributed by atoms with E-state index in [2.05, 4.69) is 4.98 Å². The quantitative estimate of drug-likeness (QED) is 0.638. The van der Waals surface area contributed by atoms with Crippen LogP contribution in [0.1, 0.15) is 33.2 Å². The Bertz CT molecular complexity index is 610. The number of ketones is 1. The fraction of sp³-hybridized carbons (Fsp3) is 0.231. The Balaban J connectivity index is 2.71. The van der Waals surface area contributed by atoms with Gasteiger partial charge in [0.05, 0.1) is 12.7 Å². The van der Waals surface area contributed by atoms with Crippen LogP contribution in [0.15, 0.2) is 18.3 Å². The molecule has 1 N–H and O–H groups in total. The topological polar surface area (TPSA) is 59.2 Å². The van der Waals surface area contributed by atoms with Crippen molar-refractivity contribution in [3.05, 3.63) is 35.0 Å². The second-order valence-electron chi connectivity index (χ2n) is 3.96. The number of hydrogen-bond acceptors (Lipinski definition) is 3. The van der Waals surface area contributed by atoms with E-state index in [1.54, 1.807) is 12.3 Å². The number of Topliss-reactive ketones (excluding diaryl/α,β-unsaturated/α-hetero) is 1. The van der Waals surface area contributed by atoms with Crippen LogP contribution in [-0.4, -0.2) is 23.8 Å². The Hall–Kier alpha value is -2.10. The largest absolute Gasteiger partial charge is 0.465 e. The number of fused-ring (bicyclic) bond motifs is 1. The molecule has 0 unspecified atom stereocenters. The normalized spacial score (nSPS) is 10.5. The number of benzene rings is 1. The van der Waals surface area contributed by atoms with E-state index < -0.39 is 0 Å². The summed E-state index contributed by atoms with van der Waals surface area (Å²) in [6.07, 6.45) is 1.66. The summed E-state index contributed by atoms with van der Waals surface area (Å²) in [5, 5.41) is 0.753. The molecule has 0 aliphatic heterocycles. The summed E-state index contributed by atoms with van der Waals surface area (Å²) in [7, 11) is 1.34. The lowest BCUT2D eigenvalue weighted by molar-refractivity contribution is 0.0600. The van der Waals surface area contributed by atoms with Gasteiger partial charge >= 0.3 is 5.97 Å². The second-order valence-corrected chi connectivity index (χ2v) is 3.96. The summed E-state index contributed by atoms with van der Waals surface area (Å²) in [6.45, 7) is 3.33. The molecule has 0 aliphatic rings. The Labute approximate surface area is 98.6 Å². The van der Waals surface area contributed by atoms with E-state index in [0.717, 1.165) is 16.5 Å². The maximum absolute atomic E-state index is 11.6. The first-order chi connectivity index (χ1) is 8.04. The number of aromatic amines is 1. The van der Waals surface area contributed by atoms with Crippen LogP contribution >= 0.6 is 0 Å². The summed E-state index contributed by atoms with van der Waals surface area (Å²) in [5.74, 6) is -0.420. The smallest absolute Gasteiger partial charge is 0.338 e. The third-order valence-corrected chi connectivity index (χ3v) is 2.81. The molecule has 1 aromatic heterocycles.